The second-order valence-electron chi connectivity index (χ2n) is 4.73. The molecule has 1 N–H and O–H groups in total. The molecule has 1 aliphatic carbocycles. The van der Waals surface area contributed by atoms with Gasteiger partial charge in [-0.25, -0.2) is 8.42 Å². The van der Waals surface area contributed by atoms with Crippen LogP contribution in [0.25, 0.3) is 0 Å². The molecule has 1 unspecified atom stereocenters. The molecule has 1 atom stereocenters. The van der Waals surface area contributed by atoms with E-state index in [-0.39, 0.29) is 12.2 Å². The molecule has 1 aromatic rings. The number of halogens is 1. The van der Waals surface area contributed by atoms with Gasteiger partial charge in [0.2, 0.25) is 0 Å². The largest absolute Gasteiger partial charge is 0.481 e. The first-order chi connectivity index (χ1) is 8.90. The van der Waals surface area contributed by atoms with Gasteiger partial charge in [-0.3, -0.25) is 4.79 Å². The van der Waals surface area contributed by atoms with Crippen molar-refractivity contribution in [3.63, 3.8) is 0 Å². The number of aliphatic carboxylic acids is 1. The SMILES string of the molecule is O=C(O)CCS(=O)(=O)C1CCCc2ccc(Cl)cc21. The molecule has 104 valence electrons. The topological polar surface area (TPSA) is 71.4 Å². The zero-order valence-corrected chi connectivity index (χ0v) is 11.9. The summed E-state index contributed by atoms with van der Waals surface area (Å²) in [6.07, 6.45) is 1.83. The molecule has 0 spiro atoms. The molecule has 0 aliphatic heterocycles. The number of sulfone groups is 1. The first kappa shape index (κ1) is 14.3. The van der Waals surface area contributed by atoms with Crippen molar-refractivity contribution in [2.24, 2.45) is 0 Å². The highest BCUT2D eigenvalue weighted by Gasteiger charge is 2.31. The molecule has 0 heterocycles. The maximum Gasteiger partial charge on any atom is 0.304 e. The van der Waals surface area contributed by atoms with E-state index in [9.17, 15) is 13.2 Å². The third-order valence-corrected chi connectivity index (χ3v) is 5.77. The molecule has 0 radical (unpaired) electrons. The molecule has 1 aliphatic rings. The van der Waals surface area contributed by atoms with Crippen LogP contribution < -0.4 is 0 Å². The Morgan fingerprint density at radius 3 is 2.84 bits per heavy atom. The Morgan fingerprint density at radius 1 is 1.42 bits per heavy atom. The van der Waals surface area contributed by atoms with Gasteiger partial charge in [-0.1, -0.05) is 17.7 Å². The van der Waals surface area contributed by atoms with Crippen LogP contribution in [0.1, 0.15) is 35.6 Å². The predicted molar refractivity (Wildman–Crippen MR) is 73.2 cm³/mol. The van der Waals surface area contributed by atoms with Crippen LogP contribution in [-0.2, 0) is 21.1 Å². The first-order valence-electron chi connectivity index (χ1n) is 6.12. The Balaban J connectivity index is 2.32. The van der Waals surface area contributed by atoms with E-state index in [0.717, 1.165) is 24.0 Å². The minimum absolute atomic E-state index is 0.320. The normalized spacial score (nSPS) is 18.9. The van der Waals surface area contributed by atoms with Gasteiger partial charge in [0.25, 0.3) is 0 Å². The van der Waals surface area contributed by atoms with Crippen LogP contribution in [0.4, 0.5) is 0 Å². The summed E-state index contributed by atoms with van der Waals surface area (Å²) in [6.45, 7) is 0. The molecule has 0 aromatic heterocycles. The zero-order chi connectivity index (χ0) is 14.0. The molecule has 19 heavy (non-hydrogen) atoms. The lowest BCUT2D eigenvalue weighted by Crippen LogP contribution is -2.22. The van der Waals surface area contributed by atoms with Crippen LogP contribution in [0.3, 0.4) is 0 Å². The van der Waals surface area contributed by atoms with Crippen LogP contribution >= 0.6 is 11.6 Å². The summed E-state index contributed by atoms with van der Waals surface area (Å²) >= 11 is 5.93. The Hall–Kier alpha value is -1.07. The second-order valence-corrected chi connectivity index (χ2v) is 7.47. The highest BCUT2D eigenvalue weighted by atomic mass is 35.5. The molecular weight excluding hydrogens is 288 g/mol. The number of hydrogen-bond donors (Lipinski definition) is 1. The van der Waals surface area contributed by atoms with Crippen molar-refractivity contribution in [3.8, 4) is 0 Å². The number of carboxylic acid groups (broad SMARTS) is 1. The molecule has 0 fully saturated rings. The minimum atomic E-state index is -3.45. The van der Waals surface area contributed by atoms with E-state index < -0.39 is 21.1 Å². The highest BCUT2D eigenvalue weighted by Crippen LogP contribution is 2.37. The van der Waals surface area contributed by atoms with E-state index in [1.165, 1.54) is 0 Å². The van der Waals surface area contributed by atoms with Crippen molar-refractivity contribution in [2.45, 2.75) is 30.9 Å². The summed E-state index contributed by atoms with van der Waals surface area (Å²) in [5.74, 6) is -1.41. The molecule has 2 rings (SSSR count). The zero-order valence-electron chi connectivity index (χ0n) is 10.3. The van der Waals surface area contributed by atoms with Crippen molar-refractivity contribution in [1.82, 2.24) is 0 Å². The van der Waals surface area contributed by atoms with Crippen LogP contribution in [-0.4, -0.2) is 25.2 Å². The highest BCUT2D eigenvalue weighted by molar-refractivity contribution is 7.91. The third-order valence-electron chi connectivity index (χ3n) is 3.40. The van der Waals surface area contributed by atoms with Gasteiger partial charge in [-0.05, 0) is 42.5 Å². The molecule has 0 amide bonds. The summed E-state index contributed by atoms with van der Waals surface area (Å²) < 4.78 is 24.5. The van der Waals surface area contributed by atoms with Gasteiger partial charge in [-0.15, -0.1) is 0 Å². The number of benzene rings is 1. The fourth-order valence-electron chi connectivity index (χ4n) is 2.47. The summed E-state index contributed by atoms with van der Waals surface area (Å²) in [5.41, 5.74) is 1.74. The Morgan fingerprint density at radius 2 is 2.16 bits per heavy atom. The van der Waals surface area contributed by atoms with E-state index in [0.29, 0.717) is 11.4 Å². The van der Waals surface area contributed by atoms with Gasteiger partial charge in [0.05, 0.1) is 17.4 Å². The van der Waals surface area contributed by atoms with Gasteiger partial charge in [0, 0.05) is 5.02 Å². The third kappa shape index (κ3) is 3.28. The number of carbonyl (C=O) groups is 1. The Labute approximate surface area is 117 Å². The summed E-state index contributed by atoms with van der Waals surface area (Å²) in [5, 5.41) is 8.53. The molecule has 6 heteroatoms. The van der Waals surface area contributed by atoms with E-state index >= 15 is 0 Å². The maximum absolute atomic E-state index is 12.3. The molecule has 0 saturated carbocycles. The average Bonchev–Trinajstić information content (AvgIpc) is 2.35. The van der Waals surface area contributed by atoms with E-state index in [1.54, 1.807) is 12.1 Å². The van der Waals surface area contributed by atoms with Crippen molar-refractivity contribution in [1.29, 1.82) is 0 Å². The van der Waals surface area contributed by atoms with Crippen molar-refractivity contribution >= 4 is 27.4 Å². The lowest BCUT2D eigenvalue weighted by Gasteiger charge is -2.25. The number of hydrogen-bond acceptors (Lipinski definition) is 3. The summed E-state index contributed by atoms with van der Waals surface area (Å²) in [7, 11) is -3.45. The number of rotatable bonds is 4. The van der Waals surface area contributed by atoms with E-state index in [4.69, 9.17) is 16.7 Å². The average molecular weight is 303 g/mol. The predicted octanol–water partition coefficient (Wildman–Crippen LogP) is 2.61. The quantitative estimate of drug-likeness (QED) is 0.928. The van der Waals surface area contributed by atoms with Gasteiger partial charge in [0.15, 0.2) is 9.84 Å². The summed E-state index contributed by atoms with van der Waals surface area (Å²) in [6, 6.07) is 5.31. The van der Waals surface area contributed by atoms with Gasteiger partial charge >= 0.3 is 5.97 Å². The minimum Gasteiger partial charge on any atom is -0.481 e. The lowest BCUT2D eigenvalue weighted by atomic mass is 9.91. The molecule has 0 bridgehead atoms. The number of aryl methyl sites for hydroxylation is 1. The van der Waals surface area contributed by atoms with E-state index in [2.05, 4.69) is 0 Å². The summed E-state index contributed by atoms with van der Waals surface area (Å²) in [4.78, 5) is 10.5. The molecule has 4 nitrogen and oxygen atoms in total. The van der Waals surface area contributed by atoms with Crippen molar-refractivity contribution in [3.05, 3.63) is 34.3 Å². The smallest absolute Gasteiger partial charge is 0.304 e. The fraction of sp³-hybridized carbons (Fsp3) is 0.462. The number of fused-ring (bicyclic) bond motifs is 1. The van der Waals surface area contributed by atoms with Crippen LogP contribution in [0, 0.1) is 0 Å². The second kappa shape index (κ2) is 5.51. The van der Waals surface area contributed by atoms with Crippen LogP contribution in [0.2, 0.25) is 5.02 Å². The van der Waals surface area contributed by atoms with Crippen LogP contribution in [0.5, 0.6) is 0 Å². The lowest BCUT2D eigenvalue weighted by molar-refractivity contribution is -0.136. The van der Waals surface area contributed by atoms with Gasteiger partial charge in [0.1, 0.15) is 0 Å². The fourth-order valence-corrected chi connectivity index (χ4v) is 4.53. The van der Waals surface area contributed by atoms with Crippen LogP contribution in [0.15, 0.2) is 18.2 Å². The van der Waals surface area contributed by atoms with Crippen molar-refractivity contribution in [2.75, 3.05) is 5.75 Å². The monoisotopic (exact) mass is 302 g/mol. The van der Waals surface area contributed by atoms with Crippen molar-refractivity contribution < 1.29 is 18.3 Å². The molecular formula is C13H15ClO4S. The molecule has 1 aromatic carbocycles. The Bertz CT molecular complexity index is 595. The first-order valence-corrected chi connectivity index (χ1v) is 8.21. The van der Waals surface area contributed by atoms with Gasteiger partial charge in [-0.2, -0.15) is 0 Å². The molecule has 0 saturated heterocycles. The van der Waals surface area contributed by atoms with E-state index in [1.807, 2.05) is 6.07 Å². The number of carboxylic acids is 1. The van der Waals surface area contributed by atoms with Gasteiger partial charge < -0.3 is 5.11 Å². The maximum atomic E-state index is 12.3. The standard InChI is InChI=1S/C13H15ClO4S/c14-10-5-4-9-2-1-3-12(11(9)8-10)19(17,18)7-6-13(15)16/h4-5,8,12H,1-3,6-7H2,(H,15,16). The Kier molecular flexibility index (Phi) is 4.16.